The van der Waals surface area contributed by atoms with Gasteiger partial charge in [0.1, 0.15) is 0 Å². The molecule has 0 spiro atoms. The molecule has 1 rings (SSSR count). The molecule has 0 aromatic heterocycles. The first-order valence-corrected chi connectivity index (χ1v) is 5.12. The summed E-state index contributed by atoms with van der Waals surface area (Å²) in [6, 6.07) is 0.471. The molecule has 1 aliphatic heterocycles. The number of aliphatic hydroxyl groups is 1. The van der Waals surface area contributed by atoms with Gasteiger partial charge in [0, 0.05) is 24.8 Å². The van der Waals surface area contributed by atoms with Gasteiger partial charge in [-0.2, -0.15) is 0 Å². The standard InChI is InChI=1S/C10H21NO2/c1-9(4-3-6-12)11-10(2)5-7-13-8-10/h9,11-12H,3-8H2,1-2H3. The molecule has 0 radical (unpaired) electrons. The molecule has 2 atom stereocenters. The number of nitrogens with one attached hydrogen (secondary N) is 1. The van der Waals surface area contributed by atoms with Crippen molar-refractivity contribution in [2.45, 2.75) is 44.7 Å². The summed E-state index contributed by atoms with van der Waals surface area (Å²) in [6.07, 6.45) is 3.01. The van der Waals surface area contributed by atoms with E-state index in [1.165, 1.54) is 0 Å². The van der Waals surface area contributed by atoms with E-state index in [1.54, 1.807) is 0 Å². The molecule has 1 aliphatic rings. The molecular formula is C10H21NO2. The lowest BCUT2D eigenvalue weighted by atomic mass is 9.99. The van der Waals surface area contributed by atoms with Crippen LogP contribution in [0.3, 0.4) is 0 Å². The van der Waals surface area contributed by atoms with Gasteiger partial charge in [-0.25, -0.2) is 0 Å². The molecule has 2 unspecified atom stereocenters. The summed E-state index contributed by atoms with van der Waals surface area (Å²) < 4.78 is 5.35. The lowest BCUT2D eigenvalue weighted by Crippen LogP contribution is -2.47. The maximum atomic E-state index is 8.69. The van der Waals surface area contributed by atoms with Gasteiger partial charge in [-0.05, 0) is 33.1 Å². The van der Waals surface area contributed by atoms with Gasteiger partial charge in [-0.1, -0.05) is 0 Å². The molecule has 0 bridgehead atoms. The molecule has 78 valence electrons. The van der Waals surface area contributed by atoms with Crippen molar-refractivity contribution < 1.29 is 9.84 Å². The minimum atomic E-state index is 0.162. The van der Waals surface area contributed by atoms with Gasteiger partial charge < -0.3 is 15.2 Å². The first-order chi connectivity index (χ1) is 6.16. The molecule has 0 aromatic carbocycles. The van der Waals surface area contributed by atoms with Gasteiger partial charge in [0.2, 0.25) is 0 Å². The van der Waals surface area contributed by atoms with E-state index < -0.39 is 0 Å². The van der Waals surface area contributed by atoms with Gasteiger partial charge in [-0.15, -0.1) is 0 Å². The van der Waals surface area contributed by atoms with Crippen LogP contribution in [0.25, 0.3) is 0 Å². The molecule has 0 amide bonds. The Morgan fingerprint density at radius 3 is 2.92 bits per heavy atom. The Morgan fingerprint density at radius 2 is 2.38 bits per heavy atom. The van der Waals surface area contributed by atoms with E-state index in [4.69, 9.17) is 9.84 Å². The lowest BCUT2D eigenvalue weighted by Gasteiger charge is -2.28. The average molecular weight is 187 g/mol. The number of rotatable bonds is 5. The molecule has 3 heteroatoms. The highest BCUT2D eigenvalue weighted by atomic mass is 16.5. The Labute approximate surface area is 80.5 Å². The first kappa shape index (κ1) is 11.0. The third kappa shape index (κ3) is 3.63. The van der Waals surface area contributed by atoms with Crippen LogP contribution in [-0.2, 0) is 4.74 Å². The molecule has 3 nitrogen and oxygen atoms in total. The van der Waals surface area contributed by atoms with Crippen LogP contribution in [0.4, 0.5) is 0 Å². The van der Waals surface area contributed by atoms with Gasteiger partial charge in [-0.3, -0.25) is 0 Å². The fraction of sp³-hybridized carbons (Fsp3) is 1.00. The zero-order chi connectivity index (χ0) is 9.73. The zero-order valence-corrected chi connectivity index (χ0v) is 8.68. The van der Waals surface area contributed by atoms with Crippen LogP contribution in [0.1, 0.15) is 33.1 Å². The highest BCUT2D eigenvalue weighted by Crippen LogP contribution is 2.18. The van der Waals surface area contributed by atoms with Gasteiger partial charge in [0.05, 0.1) is 6.61 Å². The fourth-order valence-electron chi connectivity index (χ4n) is 1.85. The second kappa shape index (κ2) is 4.94. The highest BCUT2D eigenvalue weighted by Gasteiger charge is 2.30. The van der Waals surface area contributed by atoms with Crippen molar-refractivity contribution >= 4 is 0 Å². The largest absolute Gasteiger partial charge is 0.396 e. The van der Waals surface area contributed by atoms with Crippen molar-refractivity contribution in [2.24, 2.45) is 0 Å². The van der Waals surface area contributed by atoms with Crippen LogP contribution in [0.5, 0.6) is 0 Å². The summed E-state index contributed by atoms with van der Waals surface area (Å²) in [6.45, 7) is 6.35. The lowest BCUT2D eigenvalue weighted by molar-refractivity contribution is 0.165. The SMILES string of the molecule is CC(CCCO)NC1(C)CCOC1. The highest BCUT2D eigenvalue weighted by molar-refractivity contribution is 4.88. The molecule has 1 heterocycles. The van der Waals surface area contributed by atoms with E-state index in [1.807, 2.05) is 0 Å². The van der Waals surface area contributed by atoms with E-state index in [2.05, 4.69) is 19.2 Å². The van der Waals surface area contributed by atoms with Crippen LogP contribution in [-0.4, -0.2) is 36.5 Å². The number of hydrogen-bond donors (Lipinski definition) is 2. The third-order valence-corrected chi connectivity index (χ3v) is 2.61. The van der Waals surface area contributed by atoms with E-state index in [0.717, 1.165) is 32.5 Å². The van der Waals surface area contributed by atoms with Crippen molar-refractivity contribution in [3.8, 4) is 0 Å². The number of aliphatic hydroxyl groups excluding tert-OH is 1. The predicted molar refractivity (Wildman–Crippen MR) is 52.8 cm³/mol. The number of hydrogen-bond acceptors (Lipinski definition) is 3. The van der Waals surface area contributed by atoms with Gasteiger partial charge in [0.25, 0.3) is 0 Å². The van der Waals surface area contributed by atoms with Crippen molar-refractivity contribution in [3.05, 3.63) is 0 Å². The Balaban J connectivity index is 2.21. The van der Waals surface area contributed by atoms with Crippen molar-refractivity contribution in [2.75, 3.05) is 19.8 Å². The molecule has 0 aliphatic carbocycles. The summed E-state index contributed by atoms with van der Waals surface area (Å²) in [4.78, 5) is 0. The summed E-state index contributed by atoms with van der Waals surface area (Å²) in [7, 11) is 0. The van der Waals surface area contributed by atoms with Gasteiger partial charge >= 0.3 is 0 Å². The molecule has 0 aromatic rings. The molecule has 0 saturated carbocycles. The van der Waals surface area contributed by atoms with Crippen LogP contribution in [0.2, 0.25) is 0 Å². The molecule has 1 saturated heterocycles. The van der Waals surface area contributed by atoms with Gasteiger partial charge in [0.15, 0.2) is 0 Å². The number of ether oxygens (including phenoxy) is 1. The van der Waals surface area contributed by atoms with Crippen molar-refractivity contribution in [1.29, 1.82) is 0 Å². The van der Waals surface area contributed by atoms with Crippen LogP contribution < -0.4 is 5.32 Å². The van der Waals surface area contributed by atoms with Crippen LogP contribution >= 0.6 is 0 Å². The van der Waals surface area contributed by atoms with E-state index in [9.17, 15) is 0 Å². The van der Waals surface area contributed by atoms with Crippen molar-refractivity contribution in [1.82, 2.24) is 5.32 Å². The maximum Gasteiger partial charge on any atom is 0.0646 e. The van der Waals surface area contributed by atoms with E-state index >= 15 is 0 Å². The Hall–Kier alpha value is -0.120. The second-order valence-electron chi connectivity index (χ2n) is 4.27. The zero-order valence-electron chi connectivity index (χ0n) is 8.68. The molecule has 13 heavy (non-hydrogen) atoms. The quantitative estimate of drug-likeness (QED) is 0.672. The molecule has 2 N–H and O–H groups in total. The van der Waals surface area contributed by atoms with Crippen molar-refractivity contribution in [3.63, 3.8) is 0 Å². The maximum absolute atomic E-state index is 8.69. The Morgan fingerprint density at radius 1 is 1.62 bits per heavy atom. The normalized spacial score (nSPS) is 30.7. The minimum Gasteiger partial charge on any atom is -0.396 e. The topological polar surface area (TPSA) is 41.5 Å². The molecule has 1 fully saturated rings. The summed E-state index contributed by atoms with van der Waals surface area (Å²) in [5.41, 5.74) is 0.162. The van der Waals surface area contributed by atoms with Crippen LogP contribution in [0.15, 0.2) is 0 Å². The minimum absolute atomic E-state index is 0.162. The average Bonchev–Trinajstić information content (AvgIpc) is 2.48. The van der Waals surface area contributed by atoms with Crippen LogP contribution in [0, 0.1) is 0 Å². The molecular weight excluding hydrogens is 166 g/mol. The summed E-state index contributed by atoms with van der Waals surface area (Å²) >= 11 is 0. The first-order valence-electron chi connectivity index (χ1n) is 5.12. The fourth-order valence-corrected chi connectivity index (χ4v) is 1.85. The van der Waals surface area contributed by atoms with E-state index in [0.29, 0.717) is 12.6 Å². The summed E-state index contributed by atoms with van der Waals surface area (Å²) in [5.74, 6) is 0. The second-order valence-corrected chi connectivity index (χ2v) is 4.27. The Kier molecular flexibility index (Phi) is 4.16. The Bertz CT molecular complexity index is 144. The smallest absolute Gasteiger partial charge is 0.0646 e. The monoisotopic (exact) mass is 187 g/mol. The van der Waals surface area contributed by atoms with E-state index in [-0.39, 0.29) is 5.54 Å². The summed E-state index contributed by atoms with van der Waals surface area (Å²) in [5, 5.41) is 12.2. The predicted octanol–water partition coefficient (Wildman–Crippen LogP) is 0.916. The third-order valence-electron chi connectivity index (χ3n) is 2.61.